The van der Waals surface area contributed by atoms with Gasteiger partial charge in [-0.3, -0.25) is 4.79 Å². The van der Waals surface area contributed by atoms with Crippen molar-refractivity contribution in [2.45, 2.75) is 44.4 Å². The summed E-state index contributed by atoms with van der Waals surface area (Å²) < 4.78 is 0. The molecule has 0 spiro atoms. The van der Waals surface area contributed by atoms with Crippen LogP contribution in [0, 0.1) is 5.41 Å². The van der Waals surface area contributed by atoms with E-state index < -0.39 is 10.8 Å². The summed E-state index contributed by atoms with van der Waals surface area (Å²) in [7, 11) is 0. The van der Waals surface area contributed by atoms with Gasteiger partial charge in [-0.2, -0.15) is 10.2 Å². The molecule has 6 nitrogen and oxygen atoms in total. The molecule has 0 radical (unpaired) electrons. The Bertz CT molecular complexity index is 1590. The van der Waals surface area contributed by atoms with E-state index in [1.54, 1.807) is 12.1 Å². The molecule has 2 bridgehead atoms. The molecule has 0 saturated heterocycles. The quantitative estimate of drug-likeness (QED) is 0.270. The van der Waals surface area contributed by atoms with E-state index in [0.29, 0.717) is 38.9 Å². The molecule has 6 rings (SSSR count). The zero-order valence-corrected chi connectivity index (χ0v) is 22.2. The average Bonchev–Trinajstić information content (AvgIpc) is 3.18. The van der Waals surface area contributed by atoms with Crippen LogP contribution in [-0.4, -0.2) is 15.9 Å². The lowest BCUT2D eigenvalue weighted by atomic mass is 9.63. The molecule has 4 aromatic rings. The van der Waals surface area contributed by atoms with Crippen molar-refractivity contribution in [1.82, 2.24) is 9.97 Å². The van der Waals surface area contributed by atoms with Gasteiger partial charge in [-0.15, -0.1) is 0 Å². The van der Waals surface area contributed by atoms with E-state index in [-0.39, 0.29) is 11.3 Å². The Morgan fingerprint density at radius 3 is 2.00 bits per heavy atom. The number of nitrogens with zero attached hydrogens (tertiary/aromatic N) is 4. The summed E-state index contributed by atoms with van der Waals surface area (Å²) >= 11 is 12.5. The Morgan fingerprint density at radius 1 is 0.811 bits per heavy atom. The number of nitrogens with one attached hydrogen (secondary N) is 1. The number of halogens is 2. The number of carbonyl (C=O) groups is 1. The predicted molar refractivity (Wildman–Crippen MR) is 147 cm³/mol. The first-order chi connectivity index (χ1) is 17.7. The van der Waals surface area contributed by atoms with Crippen LogP contribution in [0.3, 0.4) is 0 Å². The summed E-state index contributed by atoms with van der Waals surface area (Å²) in [6, 6.07) is 20.4. The molecule has 2 atom stereocenters. The predicted octanol–water partition coefficient (Wildman–Crippen LogP) is 8.32. The number of amides is 1. The van der Waals surface area contributed by atoms with Crippen LogP contribution in [0.4, 0.5) is 17.1 Å². The van der Waals surface area contributed by atoms with E-state index in [0.717, 1.165) is 23.5 Å². The first-order valence-corrected chi connectivity index (χ1v) is 13.0. The van der Waals surface area contributed by atoms with E-state index in [1.165, 1.54) is 0 Å². The van der Waals surface area contributed by atoms with E-state index in [9.17, 15) is 4.79 Å². The van der Waals surface area contributed by atoms with Crippen LogP contribution in [0.15, 0.2) is 77.0 Å². The largest absolute Gasteiger partial charge is 0.325 e. The number of hydrogen-bond acceptors (Lipinski definition) is 5. The van der Waals surface area contributed by atoms with Crippen LogP contribution in [0.1, 0.15) is 45.0 Å². The highest BCUT2D eigenvalue weighted by molar-refractivity contribution is 6.42. The lowest BCUT2D eigenvalue weighted by Gasteiger charge is -2.39. The molecule has 1 amide bonds. The zero-order valence-electron chi connectivity index (χ0n) is 20.7. The van der Waals surface area contributed by atoms with Crippen LogP contribution in [0.5, 0.6) is 0 Å². The minimum absolute atomic E-state index is 0.0765. The standard InChI is InChI=1S/C29H25Cl2N5O/c1-27(2)28(3)13-14-29(27,25-24(28)33-22-15-20(30)21(31)16-23(22)34-25)26(37)32-17-9-11-19(12-10-17)36-35-18-7-5-4-6-8-18/h4-12,15-16H,13-14H2,1-3H3,(H,32,37). The van der Waals surface area contributed by atoms with Crippen molar-refractivity contribution < 1.29 is 4.79 Å². The maximum atomic E-state index is 14.1. The van der Waals surface area contributed by atoms with Crippen LogP contribution < -0.4 is 5.32 Å². The molecule has 1 saturated carbocycles. The summed E-state index contributed by atoms with van der Waals surface area (Å²) in [5, 5.41) is 12.6. The molecule has 37 heavy (non-hydrogen) atoms. The van der Waals surface area contributed by atoms with Crippen molar-refractivity contribution in [3.05, 3.63) is 88.2 Å². The minimum Gasteiger partial charge on any atom is -0.325 e. The van der Waals surface area contributed by atoms with Gasteiger partial charge < -0.3 is 5.32 Å². The summed E-state index contributed by atoms with van der Waals surface area (Å²) in [6.07, 6.45) is 1.54. The van der Waals surface area contributed by atoms with Crippen molar-refractivity contribution in [3.8, 4) is 0 Å². The van der Waals surface area contributed by atoms with Gasteiger partial charge in [-0.1, -0.05) is 62.2 Å². The second-order valence-corrected chi connectivity index (χ2v) is 11.4. The second-order valence-electron chi connectivity index (χ2n) is 10.6. The molecule has 0 aliphatic heterocycles. The van der Waals surface area contributed by atoms with Crippen molar-refractivity contribution in [2.24, 2.45) is 15.6 Å². The van der Waals surface area contributed by atoms with Gasteiger partial charge in [0.15, 0.2) is 0 Å². The third-order valence-electron chi connectivity index (χ3n) is 8.63. The van der Waals surface area contributed by atoms with Crippen molar-refractivity contribution in [2.75, 3.05) is 5.32 Å². The van der Waals surface area contributed by atoms with E-state index in [2.05, 4.69) is 36.3 Å². The topological polar surface area (TPSA) is 79.6 Å². The first-order valence-electron chi connectivity index (χ1n) is 12.2. The number of fused-ring (bicyclic) bond motifs is 6. The SMILES string of the molecule is CC12CCC(C(=O)Nc3ccc(N=Nc4ccccc4)cc3)(c3nc4cc(Cl)c(Cl)cc4nc31)C2(C)C. The molecule has 1 N–H and O–H groups in total. The first kappa shape index (κ1) is 24.0. The Morgan fingerprint density at radius 2 is 1.38 bits per heavy atom. The third kappa shape index (κ3) is 3.42. The molecule has 3 aromatic carbocycles. The van der Waals surface area contributed by atoms with Gasteiger partial charge in [0.25, 0.3) is 0 Å². The lowest BCUT2D eigenvalue weighted by molar-refractivity contribution is -0.125. The monoisotopic (exact) mass is 529 g/mol. The Balaban J connectivity index is 1.34. The van der Waals surface area contributed by atoms with Crippen LogP contribution in [0.2, 0.25) is 10.0 Å². The molecule has 1 aromatic heterocycles. The van der Waals surface area contributed by atoms with Gasteiger partial charge in [0.1, 0.15) is 0 Å². The number of carbonyl (C=O) groups excluding carboxylic acids is 1. The number of benzene rings is 3. The summed E-state index contributed by atoms with van der Waals surface area (Å²) in [4.78, 5) is 24.1. The smallest absolute Gasteiger partial charge is 0.237 e. The molecular weight excluding hydrogens is 505 g/mol. The van der Waals surface area contributed by atoms with Gasteiger partial charge in [-0.05, 0) is 66.8 Å². The fourth-order valence-electron chi connectivity index (χ4n) is 6.06. The van der Waals surface area contributed by atoms with Gasteiger partial charge in [0.2, 0.25) is 5.91 Å². The molecule has 2 unspecified atom stereocenters. The molecular formula is C29H25Cl2N5O. The summed E-state index contributed by atoms with van der Waals surface area (Å²) in [5.41, 5.74) is 3.60. The number of rotatable bonds is 4. The minimum atomic E-state index is -0.823. The summed E-state index contributed by atoms with van der Waals surface area (Å²) in [6.45, 7) is 6.50. The third-order valence-corrected chi connectivity index (χ3v) is 9.35. The van der Waals surface area contributed by atoms with Gasteiger partial charge >= 0.3 is 0 Å². The lowest BCUT2D eigenvalue weighted by Crippen LogP contribution is -2.48. The van der Waals surface area contributed by atoms with E-state index in [4.69, 9.17) is 33.2 Å². The maximum Gasteiger partial charge on any atom is 0.237 e. The number of azo groups is 1. The van der Waals surface area contributed by atoms with E-state index >= 15 is 0 Å². The highest BCUT2D eigenvalue weighted by atomic mass is 35.5. The number of hydrogen-bond donors (Lipinski definition) is 1. The molecule has 186 valence electrons. The number of aromatic nitrogens is 2. The molecule has 2 aliphatic carbocycles. The Hall–Kier alpha value is -3.35. The highest BCUT2D eigenvalue weighted by Crippen LogP contribution is 2.70. The highest BCUT2D eigenvalue weighted by Gasteiger charge is 2.73. The second kappa shape index (κ2) is 8.33. The van der Waals surface area contributed by atoms with Crippen molar-refractivity contribution in [1.29, 1.82) is 0 Å². The van der Waals surface area contributed by atoms with Gasteiger partial charge in [0, 0.05) is 11.1 Å². The molecule has 1 heterocycles. The normalized spacial score (nSPS) is 23.5. The number of anilines is 1. The average molecular weight is 530 g/mol. The molecule has 1 fully saturated rings. The fraction of sp³-hybridized carbons (Fsp3) is 0.276. The van der Waals surface area contributed by atoms with Crippen molar-refractivity contribution >= 4 is 57.2 Å². The van der Waals surface area contributed by atoms with Crippen LogP contribution in [0.25, 0.3) is 11.0 Å². The maximum absolute atomic E-state index is 14.1. The van der Waals surface area contributed by atoms with Crippen LogP contribution in [-0.2, 0) is 15.6 Å². The van der Waals surface area contributed by atoms with Crippen molar-refractivity contribution in [3.63, 3.8) is 0 Å². The Labute approximate surface area is 225 Å². The zero-order chi connectivity index (χ0) is 26.0. The molecule has 8 heteroatoms. The van der Waals surface area contributed by atoms with Crippen LogP contribution >= 0.6 is 23.2 Å². The summed E-state index contributed by atoms with van der Waals surface area (Å²) in [5.74, 6) is -0.0765. The van der Waals surface area contributed by atoms with E-state index in [1.807, 2.05) is 54.6 Å². The fourth-order valence-corrected chi connectivity index (χ4v) is 6.38. The van der Waals surface area contributed by atoms with Gasteiger partial charge in [-0.25, -0.2) is 9.97 Å². The Kier molecular flexibility index (Phi) is 5.41. The van der Waals surface area contributed by atoms with Gasteiger partial charge in [0.05, 0.1) is 49.3 Å². The molecule has 2 aliphatic rings.